The Hall–Kier alpha value is -2.45. The van der Waals surface area contributed by atoms with E-state index in [1.54, 1.807) is 6.07 Å². The van der Waals surface area contributed by atoms with E-state index in [9.17, 15) is 4.39 Å². The van der Waals surface area contributed by atoms with E-state index in [4.69, 9.17) is 5.26 Å². The van der Waals surface area contributed by atoms with Crippen molar-refractivity contribution in [2.75, 3.05) is 11.9 Å². The van der Waals surface area contributed by atoms with Crippen LogP contribution in [0.1, 0.15) is 25.0 Å². The van der Waals surface area contributed by atoms with Crippen LogP contribution in [0, 0.1) is 17.1 Å². The molecular formula is C18H16FN3S. The lowest BCUT2D eigenvalue weighted by atomic mass is 9.85. The van der Waals surface area contributed by atoms with Crippen molar-refractivity contribution in [3.05, 3.63) is 59.4 Å². The number of fused-ring (bicyclic) bond motifs is 1. The Bertz CT molecular complexity index is 875. The average molecular weight is 325 g/mol. The van der Waals surface area contributed by atoms with Crippen molar-refractivity contribution in [3.63, 3.8) is 0 Å². The molecule has 0 unspecified atom stereocenters. The van der Waals surface area contributed by atoms with Gasteiger partial charge in [-0.3, -0.25) is 0 Å². The molecule has 2 aromatic carbocycles. The van der Waals surface area contributed by atoms with Crippen LogP contribution in [0.3, 0.4) is 0 Å². The van der Waals surface area contributed by atoms with Crippen LogP contribution in [-0.2, 0) is 5.41 Å². The van der Waals surface area contributed by atoms with E-state index in [1.807, 2.05) is 24.3 Å². The number of rotatable bonds is 4. The predicted molar refractivity (Wildman–Crippen MR) is 92.3 cm³/mol. The number of aromatic nitrogens is 1. The molecule has 1 heterocycles. The van der Waals surface area contributed by atoms with Crippen molar-refractivity contribution in [2.24, 2.45) is 0 Å². The number of anilines is 1. The van der Waals surface area contributed by atoms with Crippen LogP contribution >= 0.6 is 11.3 Å². The van der Waals surface area contributed by atoms with E-state index in [-0.39, 0.29) is 11.2 Å². The molecule has 3 rings (SSSR count). The number of halogens is 1. The quantitative estimate of drug-likeness (QED) is 0.756. The largest absolute Gasteiger partial charge is 0.361 e. The zero-order chi connectivity index (χ0) is 16.4. The first-order chi connectivity index (χ1) is 11.0. The van der Waals surface area contributed by atoms with Gasteiger partial charge in [0.2, 0.25) is 0 Å². The standard InChI is InChI=1S/C18H16FN3S/c1-18(2,13-6-8-14(19)9-7-13)11-21-17-22-15-5-3-4-12(10-20)16(15)23-17/h3-9H,11H2,1-2H3,(H,21,22). The zero-order valence-corrected chi connectivity index (χ0v) is 13.7. The molecule has 1 N–H and O–H groups in total. The molecule has 0 radical (unpaired) electrons. The van der Waals surface area contributed by atoms with Gasteiger partial charge in [0.05, 0.1) is 15.8 Å². The monoisotopic (exact) mass is 325 g/mol. The highest BCUT2D eigenvalue weighted by Crippen LogP contribution is 2.30. The number of nitriles is 1. The summed E-state index contributed by atoms with van der Waals surface area (Å²) in [6.07, 6.45) is 0. The molecule has 3 aromatic rings. The number of thiazole rings is 1. The average Bonchev–Trinajstić information content (AvgIpc) is 2.96. The molecule has 0 saturated heterocycles. The van der Waals surface area contributed by atoms with Gasteiger partial charge in [-0.15, -0.1) is 0 Å². The summed E-state index contributed by atoms with van der Waals surface area (Å²) in [5.41, 5.74) is 2.37. The molecule has 0 saturated carbocycles. The second-order valence-corrected chi connectivity index (χ2v) is 7.03. The molecule has 0 amide bonds. The fourth-order valence-corrected chi connectivity index (χ4v) is 3.34. The van der Waals surface area contributed by atoms with Gasteiger partial charge >= 0.3 is 0 Å². The van der Waals surface area contributed by atoms with E-state index in [0.29, 0.717) is 12.1 Å². The van der Waals surface area contributed by atoms with E-state index >= 15 is 0 Å². The second-order valence-electron chi connectivity index (χ2n) is 6.03. The molecule has 0 aliphatic heterocycles. The number of hydrogen-bond acceptors (Lipinski definition) is 4. The Morgan fingerprint density at radius 1 is 1.22 bits per heavy atom. The van der Waals surface area contributed by atoms with Gasteiger partial charge in [-0.1, -0.05) is 43.4 Å². The third-order valence-electron chi connectivity index (χ3n) is 3.84. The van der Waals surface area contributed by atoms with Crippen LogP contribution in [0.25, 0.3) is 10.2 Å². The van der Waals surface area contributed by atoms with Gasteiger partial charge in [0.1, 0.15) is 11.9 Å². The summed E-state index contributed by atoms with van der Waals surface area (Å²) in [7, 11) is 0. The molecule has 5 heteroatoms. The van der Waals surface area contributed by atoms with Gasteiger partial charge < -0.3 is 5.32 Å². The molecule has 0 spiro atoms. The first-order valence-electron chi connectivity index (χ1n) is 7.29. The van der Waals surface area contributed by atoms with Crippen molar-refractivity contribution < 1.29 is 4.39 Å². The van der Waals surface area contributed by atoms with Crippen LogP contribution < -0.4 is 5.32 Å². The topological polar surface area (TPSA) is 48.7 Å². The summed E-state index contributed by atoms with van der Waals surface area (Å²) in [5.74, 6) is -0.229. The van der Waals surface area contributed by atoms with Crippen molar-refractivity contribution in [1.82, 2.24) is 4.98 Å². The number of hydrogen-bond donors (Lipinski definition) is 1. The van der Waals surface area contributed by atoms with Crippen molar-refractivity contribution in [3.8, 4) is 6.07 Å². The Balaban J connectivity index is 1.80. The van der Waals surface area contributed by atoms with Crippen LogP contribution in [0.5, 0.6) is 0 Å². The number of nitrogens with zero attached hydrogens (tertiary/aromatic N) is 2. The minimum atomic E-state index is -0.229. The fourth-order valence-electron chi connectivity index (χ4n) is 2.41. The third kappa shape index (κ3) is 3.17. The first-order valence-corrected chi connectivity index (χ1v) is 8.11. The summed E-state index contributed by atoms with van der Waals surface area (Å²) < 4.78 is 14.0. The minimum absolute atomic E-state index is 0.163. The van der Waals surface area contributed by atoms with Crippen molar-refractivity contribution in [1.29, 1.82) is 5.26 Å². The summed E-state index contributed by atoms with van der Waals surface area (Å²) in [4.78, 5) is 4.53. The highest BCUT2D eigenvalue weighted by molar-refractivity contribution is 7.22. The van der Waals surface area contributed by atoms with E-state index in [1.165, 1.54) is 23.5 Å². The molecule has 116 valence electrons. The van der Waals surface area contributed by atoms with Crippen LogP contribution in [0.2, 0.25) is 0 Å². The van der Waals surface area contributed by atoms with E-state index in [0.717, 1.165) is 20.9 Å². The fraction of sp³-hybridized carbons (Fsp3) is 0.222. The Labute approximate surface area is 138 Å². The lowest BCUT2D eigenvalue weighted by molar-refractivity contribution is 0.553. The predicted octanol–water partition coefficient (Wildman–Crippen LogP) is 4.70. The maximum Gasteiger partial charge on any atom is 0.183 e. The lowest BCUT2D eigenvalue weighted by Gasteiger charge is -2.25. The van der Waals surface area contributed by atoms with Crippen LogP contribution in [0.15, 0.2) is 42.5 Å². The molecule has 1 aromatic heterocycles. The summed E-state index contributed by atoms with van der Waals surface area (Å²) >= 11 is 1.48. The number of nitrogens with one attached hydrogen (secondary N) is 1. The highest BCUT2D eigenvalue weighted by Gasteiger charge is 2.21. The van der Waals surface area contributed by atoms with Gasteiger partial charge in [0.25, 0.3) is 0 Å². The smallest absolute Gasteiger partial charge is 0.183 e. The third-order valence-corrected chi connectivity index (χ3v) is 4.90. The van der Waals surface area contributed by atoms with Crippen LogP contribution in [-0.4, -0.2) is 11.5 Å². The first kappa shape index (κ1) is 15.4. The van der Waals surface area contributed by atoms with Crippen molar-refractivity contribution in [2.45, 2.75) is 19.3 Å². The number of benzene rings is 2. The lowest BCUT2D eigenvalue weighted by Crippen LogP contribution is -2.27. The Morgan fingerprint density at radius 3 is 2.65 bits per heavy atom. The second kappa shape index (κ2) is 5.98. The molecule has 0 atom stereocenters. The van der Waals surface area contributed by atoms with Gasteiger partial charge in [-0.2, -0.15) is 5.26 Å². The summed E-state index contributed by atoms with van der Waals surface area (Å²) in [6.45, 7) is 4.86. The molecule has 3 nitrogen and oxygen atoms in total. The summed E-state index contributed by atoms with van der Waals surface area (Å²) in [5, 5.41) is 13.3. The maximum absolute atomic E-state index is 13.1. The molecule has 0 aliphatic carbocycles. The molecule has 23 heavy (non-hydrogen) atoms. The Kier molecular flexibility index (Phi) is 4.01. The Morgan fingerprint density at radius 2 is 1.96 bits per heavy atom. The highest BCUT2D eigenvalue weighted by atomic mass is 32.1. The van der Waals surface area contributed by atoms with Gasteiger partial charge in [0.15, 0.2) is 5.13 Å². The minimum Gasteiger partial charge on any atom is -0.361 e. The van der Waals surface area contributed by atoms with Gasteiger partial charge in [0, 0.05) is 12.0 Å². The molecule has 0 fully saturated rings. The zero-order valence-electron chi connectivity index (χ0n) is 12.9. The SMILES string of the molecule is CC(C)(CNc1nc2cccc(C#N)c2s1)c1ccc(F)cc1. The normalized spacial score (nSPS) is 11.4. The van der Waals surface area contributed by atoms with Crippen molar-refractivity contribution >= 4 is 26.7 Å². The maximum atomic E-state index is 13.1. The van der Waals surface area contributed by atoms with Gasteiger partial charge in [-0.05, 0) is 29.8 Å². The molecule has 0 bridgehead atoms. The molecular weight excluding hydrogens is 309 g/mol. The molecule has 0 aliphatic rings. The van der Waals surface area contributed by atoms with E-state index in [2.05, 4.69) is 30.2 Å². The van der Waals surface area contributed by atoms with Crippen LogP contribution in [0.4, 0.5) is 9.52 Å². The van der Waals surface area contributed by atoms with Gasteiger partial charge in [-0.25, -0.2) is 9.37 Å². The van der Waals surface area contributed by atoms with E-state index < -0.39 is 0 Å². The summed E-state index contributed by atoms with van der Waals surface area (Å²) in [6, 6.07) is 14.3.